The lowest BCUT2D eigenvalue weighted by Gasteiger charge is -2.09. The highest BCUT2D eigenvalue weighted by Gasteiger charge is 2.14. The summed E-state index contributed by atoms with van der Waals surface area (Å²) in [6, 6.07) is 9.93. The minimum atomic E-state index is -0.172. The Hall–Kier alpha value is -2.47. The summed E-state index contributed by atoms with van der Waals surface area (Å²) in [7, 11) is 0. The van der Waals surface area contributed by atoms with Gasteiger partial charge in [-0.3, -0.25) is 13.5 Å². The lowest BCUT2D eigenvalue weighted by atomic mass is 10.1. The average Bonchev–Trinajstić information content (AvgIpc) is 2.88. The summed E-state index contributed by atoms with van der Waals surface area (Å²) in [5, 5.41) is 3.52. The number of benzene rings is 1. The SMILES string of the molecule is CCc1ccccc1CNC(=O)Cn1sc2nc(C)cc(C)c2c1=O. The number of hydrogen-bond acceptors (Lipinski definition) is 4. The molecule has 0 saturated carbocycles. The Morgan fingerprint density at radius 2 is 1.96 bits per heavy atom. The second-order valence-corrected chi connectivity index (χ2v) is 7.10. The van der Waals surface area contributed by atoms with Gasteiger partial charge in [0.1, 0.15) is 11.4 Å². The number of nitrogens with zero attached hydrogens (tertiary/aromatic N) is 2. The molecule has 2 heterocycles. The van der Waals surface area contributed by atoms with E-state index >= 15 is 0 Å². The summed E-state index contributed by atoms with van der Waals surface area (Å²) in [6.45, 7) is 6.39. The van der Waals surface area contributed by atoms with Gasteiger partial charge in [-0.1, -0.05) is 31.2 Å². The fourth-order valence-electron chi connectivity index (χ4n) is 2.96. The fourth-order valence-corrected chi connectivity index (χ4v) is 4.05. The highest BCUT2D eigenvalue weighted by Crippen LogP contribution is 2.19. The first kappa shape index (κ1) is 17.4. The lowest BCUT2D eigenvalue weighted by molar-refractivity contribution is -0.121. The quantitative estimate of drug-likeness (QED) is 0.765. The number of aromatic nitrogens is 2. The number of amides is 1. The second-order valence-electron chi connectivity index (χ2n) is 6.09. The largest absolute Gasteiger partial charge is 0.350 e. The number of carbonyl (C=O) groups excluding carboxylic acids is 1. The average molecular weight is 355 g/mol. The Labute approximate surface area is 150 Å². The van der Waals surface area contributed by atoms with Gasteiger partial charge in [0, 0.05) is 12.2 Å². The van der Waals surface area contributed by atoms with E-state index in [2.05, 4.69) is 23.3 Å². The maximum atomic E-state index is 12.5. The Morgan fingerprint density at radius 1 is 1.24 bits per heavy atom. The van der Waals surface area contributed by atoms with Crippen molar-refractivity contribution in [2.24, 2.45) is 0 Å². The number of rotatable bonds is 5. The minimum Gasteiger partial charge on any atom is -0.350 e. The maximum Gasteiger partial charge on any atom is 0.270 e. The van der Waals surface area contributed by atoms with Crippen molar-refractivity contribution in [2.45, 2.75) is 40.3 Å². The normalized spacial score (nSPS) is 11.0. The smallest absolute Gasteiger partial charge is 0.270 e. The van der Waals surface area contributed by atoms with E-state index in [1.807, 2.05) is 38.1 Å². The van der Waals surface area contributed by atoms with Crippen LogP contribution in [0.25, 0.3) is 10.2 Å². The molecule has 3 rings (SSSR count). The van der Waals surface area contributed by atoms with Crippen LogP contribution in [0.3, 0.4) is 0 Å². The van der Waals surface area contributed by atoms with E-state index in [1.165, 1.54) is 21.1 Å². The van der Waals surface area contributed by atoms with E-state index in [4.69, 9.17) is 0 Å². The van der Waals surface area contributed by atoms with Crippen molar-refractivity contribution in [3.05, 3.63) is 63.1 Å². The van der Waals surface area contributed by atoms with Gasteiger partial charge in [0.2, 0.25) is 5.91 Å². The van der Waals surface area contributed by atoms with Gasteiger partial charge in [-0.15, -0.1) is 0 Å². The number of hydrogen-bond donors (Lipinski definition) is 1. The molecule has 5 nitrogen and oxygen atoms in total. The van der Waals surface area contributed by atoms with Crippen molar-refractivity contribution in [3.63, 3.8) is 0 Å². The maximum absolute atomic E-state index is 12.5. The van der Waals surface area contributed by atoms with E-state index in [0.717, 1.165) is 23.2 Å². The molecule has 0 saturated heterocycles. The minimum absolute atomic E-state index is 0.0205. The van der Waals surface area contributed by atoms with Gasteiger partial charge in [0.15, 0.2) is 0 Å². The van der Waals surface area contributed by atoms with Gasteiger partial charge >= 0.3 is 0 Å². The van der Waals surface area contributed by atoms with E-state index in [0.29, 0.717) is 16.8 Å². The van der Waals surface area contributed by atoms with Crippen molar-refractivity contribution in [3.8, 4) is 0 Å². The van der Waals surface area contributed by atoms with E-state index in [9.17, 15) is 9.59 Å². The summed E-state index contributed by atoms with van der Waals surface area (Å²) >= 11 is 1.24. The molecule has 0 spiro atoms. The number of nitrogens with one attached hydrogen (secondary N) is 1. The molecule has 0 aliphatic carbocycles. The molecule has 0 radical (unpaired) electrons. The van der Waals surface area contributed by atoms with Crippen molar-refractivity contribution in [1.29, 1.82) is 0 Å². The Kier molecular flexibility index (Phi) is 4.99. The molecule has 3 aromatic rings. The Morgan fingerprint density at radius 3 is 2.68 bits per heavy atom. The van der Waals surface area contributed by atoms with E-state index in [1.54, 1.807) is 0 Å². The first-order valence-electron chi connectivity index (χ1n) is 8.31. The number of aryl methyl sites for hydroxylation is 3. The van der Waals surface area contributed by atoms with Crippen LogP contribution in [-0.2, 0) is 24.3 Å². The molecule has 0 fully saturated rings. The molecular weight excluding hydrogens is 334 g/mol. The van der Waals surface area contributed by atoms with Crippen molar-refractivity contribution in [2.75, 3.05) is 0 Å². The standard InChI is InChI=1S/C19H21N3O2S/c1-4-14-7-5-6-8-15(14)10-20-16(23)11-22-19(24)17-12(2)9-13(3)21-18(17)25-22/h5-9H,4,10-11H2,1-3H3,(H,20,23). The molecule has 1 N–H and O–H groups in total. The third-order valence-corrected chi connectivity index (χ3v) is 5.19. The first-order valence-corrected chi connectivity index (χ1v) is 9.08. The zero-order valence-electron chi connectivity index (χ0n) is 14.6. The van der Waals surface area contributed by atoms with Crippen LogP contribution < -0.4 is 10.9 Å². The van der Waals surface area contributed by atoms with Crippen LogP contribution in [0.15, 0.2) is 35.1 Å². The van der Waals surface area contributed by atoms with Gasteiger partial charge in [-0.05, 0) is 54.6 Å². The number of pyridine rings is 1. The highest BCUT2D eigenvalue weighted by atomic mass is 32.1. The predicted octanol–water partition coefficient (Wildman–Crippen LogP) is 2.95. The summed E-state index contributed by atoms with van der Waals surface area (Å²) in [6.07, 6.45) is 0.923. The number of fused-ring (bicyclic) bond motifs is 1. The van der Waals surface area contributed by atoms with Crippen LogP contribution in [0.2, 0.25) is 0 Å². The summed E-state index contributed by atoms with van der Waals surface area (Å²) in [5.74, 6) is -0.172. The predicted molar refractivity (Wildman–Crippen MR) is 101 cm³/mol. The zero-order chi connectivity index (χ0) is 18.0. The Balaban J connectivity index is 1.75. The van der Waals surface area contributed by atoms with Crippen LogP contribution in [0, 0.1) is 13.8 Å². The van der Waals surface area contributed by atoms with Crippen molar-refractivity contribution in [1.82, 2.24) is 14.3 Å². The molecule has 0 aliphatic rings. The third kappa shape index (κ3) is 3.64. The van der Waals surface area contributed by atoms with Gasteiger partial charge in [-0.2, -0.15) is 0 Å². The lowest BCUT2D eigenvalue weighted by Crippen LogP contribution is -2.30. The van der Waals surface area contributed by atoms with Crippen LogP contribution in [-0.4, -0.2) is 14.8 Å². The number of carbonyl (C=O) groups is 1. The fraction of sp³-hybridized carbons (Fsp3) is 0.316. The molecule has 130 valence electrons. The monoisotopic (exact) mass is 355 g/mol. The molecule has 0 bridgehead atoms. The van der Waals surface area contributed by atoms with Crippen molar-refractivity contribution < 1.29 is 4.79 Å². The third-order valence-electron chi connectivity index (χ3n) is 4.21. The van der Waals surface area contributed by atoms with Gasteiger partial charge < -0.3 is 5.32 Å². The van der Waals surface area contributed by atoms with Gasteiger partial charge in [0.25, 0.3) is 5.56 Å². The van der Waals surface area contributed by atoms with Crippen LogP contribution in [0.1, 0.15) is 29.3 Å². The molecule has 25 heavy (non-hydrogen) atoms. The van der Waals surface area contributed by atoms with Crippen molar-refractivity contribution >= 4 is 27.7 Å². The molecule has 0 aliphatic heterocycles. The zero-order valence-corrected chi connectivity index (χ0v) is 15.4. The van der Waals surface area contributed by atoms with E-state index in [-0.39, 0.29) is 18.0 Å². The van der Waals surface area contributed by atoms with Crippen LogP contribution in [0.4, 0.5) is 0 Å². The second kappa shape index (κ2) is 7.19. The van der Waals surface area contributed by atoms with E-state index < -0.39 is 0 Å². The molecule has 1 aromatic carbocycles. The molecule has 0 atom stereocenters. The molecule has 2 aromatic heterocycles. The molecular formula is C19H21N3O2S. The van der Waals surface area contributed by atoms with Crippen LogP contribution in [0.5, 0.6) is 0 Å². The highest BCUT2D eigenvalue weighted by molar-refractivity contribution is 7.13. The van der Waals surface area contributed by atoms with Gasteiger partial charge in [0.05, 0.1) is 5.39 Å². The molecule has 6 heteroatoms. The molecule has 1 amide bonds. The summed E-state index contributed by atoms with van der Waals surface area (Å²) < 4.78 is 1.48. The molecule has 0 unspecified atom stereocenters. The summed E-state index contributed by atoms with van der Waals surface area (Å²) in [5.41, 5.74) is 3.96. The van der Waals surface area contributed by atoms with Gasteiger partial charge in [-0.25, -0.2) is 4.98 Å². The Bertz CT molecular complexity index is 988. The first-order chi connectivity index (χ1) is 12.0. The summed E-state index contributed by atoms with van der Waals surface area (Å²) in [4.78, 5) is 29.9. The topological polar surface area (TPSA) is 64.0 Å². The van der Waals surface area contributed by atoms with Crippen LogP contribution >= 0.6 is 11.5 Å².